The third-order valence-corrected chi connectivity index (χ3v) is 18.2. The maximum atomic E-state index is 13.2. The first-order valence-electron chi connectivity index (χ1n) is 34.4. The molecule has 0 saturated carbocycles. The molecule has 1 aromatic rings. The van der Waals surface area contributed by atoms with Crippen molar-refractivity contribution in [3.63, 3.8) is 0 Å². The van der Waals surface area contributed by atoms with E-state index in [1.807, 2.05) is 0 Å². The molecule has 474 valence electrons. The number of carbonyl (C=O) groups excluding carboxylic acids is 1. The van der Waals surface area contributed by atoms with Crippen LogP contribution in [0.1, 0.15) is 326 Å². The molecule has 3 atom stereocenters. The standard InChI is InChI=1S/C81H132O3/c1-61(2)33-20-35-63(5)37-22-39-65(7)40-23-41-66(8)42-24-43-67(9)44-25-45-68(10)46-26-47-69(11)48-27-49-70(12)50-28-51-71(13)52-29-53-72(14)55-31-57-78(82)83-79-74(16)75(17)80-77(76(79)18)58-60-81(19,84-80)59-32-56-73(15)54-30-38-64(6)36-21-34-62(3)4/h33,37,40,42,44,46,48,50,52,55,62,64,73H,20-32,34-36,38-39,41,43,45,47,49,51,53-54,56-60H2,1-19H3/b63-37-,65-40+,66-42-,67-44+,68-46-,69-48+,70-50-,71-52+,72-55-/t64-,73-,81-/m1/s1. The molecule has 0 saturated heterocycles. The molecule has 0 aromatic heterocycles. The van der Waals surface area contributed by atoms with Gasteiger partial charge in [0.25, 0.3) is 0 Å². The predicted molar refractivity (Wildman–Crippen MR) is 374 cm³/mol. The summed E-state index contributed by atoms with van der Waals surface area (Å²) in [5, 5.41) is 0. The molecular weight excluding hydrogens is 1020 g/mol. The molecule has 0 radical (unpaired) electrons. The Hall–Kier alpha value is -4.11. The fourth-order valence-electron chi connectivity index (χ4n) is 11.9. The van der Waals surface area contributed by atoms with E-state index in [0.717, 1.165) is 155 Å². The van der Waals surface area contributed by atoms with E-state index >= 15 is 0 Å². The number of allylic oxidation sites excluding steroid dienone is 20. The summed E-state index contributed by atoms with van der Waals surface area (Å²) < 4.78 is 13.0. The smallest absolute Gasteiger partial charge is 0.311 e. The van der Waals surface area contributed by atoms with Crippen LogP contribution in [0.3, 0.4) is 0 Å². The van der Waals surface area contributed by atoms with Crippen molar-refractivity contribution in [2.75, 3.05) is 0 Å². The topological polar surface area (TPSA) is 35.5 Å². The summed E-state index contributed by atoms with van der Waals surface area (Å²) in [5.41, 5.74) is 19.1. The first kappa shape index (κ1) is 76.0. The molecule has 1 aliphatic heterocycles. The van der Waals surface area contributed by atoms with Gasteiger partial charge in [-0.25, -0.2) is 0 Å². The van der Waals surface area contributed by atoms with Crippen molar-refractivity contribution in [2.24, 2.45) is 17.8 Å². The van der Waals surface area contributed by atoms with Crippen LogP contribution in [0.5, 0.6) is 11.5 Å². The van der Waals surface area contributed by atoms with E-state index in [1.165, 1.54) is 138 Å². The van der Waals surface area contributed by atoms with E-state index in [-0.39, 0.29) is 11.6 Å². The lowest BCUT2D eigenvalue weighted by Gasteiger charge is -2.38. The van der Waals surface area contributed by atoms with Gasteiger partial charge in [-0.15, -0.1) is 0 Å². The summed E-state index contributed by atoms with van der Waals surface area (Å²) in [6.45, 7) is 43.2. The predicted octanol–water partition coefficient (Wildman–Crippen LogP) is 26.3. The monoisotopic (exact) mass is 1150 g/mol. The van der Waals surface area contributed by atoms with E-state index in [9.17, 15) is 4.79 Å². The summed E-state index contributed by atoms with van der Waals surface area (Å²) in [6, 6.07) is 0. The highest BCUT2D eigenvalue weighted by atomic mass is 16.5. The quantitative estimate of drug-likeness (QED) is 0.0371. The zero-order chi connectivity index (χ0) is 62.5. The van der Waals surface area contributed by atoms with Crippen LogP contribution in [-0.2, 0) is 11.2 Å². The van der Waals surface area contributed by atoms with Crippen molar-refractivity contribution >= 4 is 5.97 Å². The second-order valence-corrected chi connectivity index (χ2v) is 28.0. The number of esters is 1. The maximum Gasteiger partial charge on any atom is 0.311 e. The molecule has 0 N–H and O–H groups in total. The molecular formula is C81H132O3. The Balaban J connectivity index is 1.64. The number of hydrogen-bond donors (Lipinski definition) is 0. The normalized spacial score (nSPS) is 17.0. The Kier molecular flexibility index (Phi) is 39.4. The van der Waals surface area contributed by atoms with Gasteiger partial charge in [0.05, 0.1) is 0 Å². The van der Waals surface area contributed by atoms with Gasteiger partial charge in [0, 0.05) is 12.0 Å². The number of rotatable bonds is 43. The lowest BCUT2D eigenvalue weighted by molar-refractivity contribution is -0.134. The molecule has 3 nitrogen and oxygen atoms in total. The first-order chi connectivity index (χ1) is 39.9. The van der Waals surface area contributed by atoms with Crippen molar-refractivity contribution in [3.8, 4) is 11.5 Å². The van der Waals surface area contributed by atoms with Gasteiger partial charge in [0.15, 0.2) is 0 Å². The SMILES string of the molecule is CC(C)=CCC/C(C)=C\CC/C(C)=C/CC/C(C)=C\CC/C(C)=C/CC/C(C)=C\CC/C(C)=C/CC/C(C)=C\CC/C(C)=C/CC/C(C)=C\CCC(=O)Oc1c(C)c(C)c2c(c1C)CC[C@@](C)(CCC[C@H](C)CCC[C@H](C)CCCC(C)C)O2. The largest absolute Gasteiger partial charge is 0.487 e. The van der Waals surface area contributed by atoms with Crippen LogP contribution in [0.2, 0.25) is 0 Å². The summed E-state index contributed by atoms with van der Waals surface area (Å²) in [4.78, 5) is 13.2. The van der Waals surface area contributed by atoms with Gasteiger partial charge in [-0.05, 0) is 286 Å². The van der Waals surface area contributed by atoms with Crippen molar-refractivity contribution in [3.05, 3.63) is 139 Å². The summed E-state index contributed by atoms with van der Waals surface area (Å²) in [7, 11) is 0. The fourth-order valence-corrected chi connectivity index (χ4v) is 11.9. The van der Waals surface area contributed by atoms with Gasteiger partial charge in [-0.3, -0.25) is 4.79 Å². The van der Waals surface area contributed by atoms with Crippen LogP contribution >= 0.6 is 0 Å². The highest BCUT2D eigenvalue weighted by Gasteiger charge is 2.35. The lowest BCUT2D eigenvalue weighted by atomic mass is 9.83. The first-order valence-corrected chi connectivity index (χ1v) is 34.4. The van der Waals surface area contributed by atoms with Crippen molar-refractivity contribution in [2.45, 2.75) is 336 Å². The highest BCUT2D eigenvalue weighted by molar-refractivity contribution is 5.74. The Morgan fingerprint density at radius 1 is 0.429 bits per heavy atom. The van der Waals surface area contributed by atoms with Crippen LogP contribution in [0, 0.1) is 38.5 Å². The van der Waals surface area contributed by atoms with E-state index < -0.39 is 0 Å². The zero-order valence-electron chi connectivity index (χ0n) is 58.7. The molecule has 0 amide bonds. The average Bonchev–Trinajstić information content (AvgIpc) is 1.06. The molecule has 1 heterocycles. The lowest BCUT2D eigenvalue weighted by Crippen LogP contribution is -2.37. The average molecular weight is 1150 g/mol. The number of carbonyl (C=O) groups is 1. The Labute approximate surface area is 521 Å². The number of fused-ring (bicyclic) bond motifs is 1. The number of ether oxygens (including phenoxy) is 2. The van der Waals surface area contributed by atoms with Crippen molar-refractivity contribution in [1.29, 1.82) is 0 Å². The van der Waals surface area contributed by atoms with Crippen LogP contribution < -0.4 is 9.47 Å². The minimum absolute atomic E-state index is 0.150. The Bertz CT molecular complexity index is 2400. The molecule has 0 bridgehead atoms. The van der Waals surface area contributed by atoms with Gasteiger partial charge in [0.1, 0.15) is 17.1 Å². The summed E-state index contributed by atoms with van der Waals surface area (Å²) in [5.74, 6) is 4.06. The highest BCUT2D eigenvalue weighted by Crippen LogP contribution is 2.45. The summed E-state index contributed by atoms with van der Waals surface area (Å²) in [6.07, 6.45) is 59.5. The zero-order valence-corrected chi connectivity index (χ0v) is 58.7. The van der Waals surface area contributed by atoms with Gasteiger partial charge < -0.3 is 9.47 Å². The molecule has 84 heavy (non-hydrogen) atoms. The van der Waals surface area contributed by atoms with E-state index in [2.05, 4.69) is 192 Å². The molecule has 0 aliphatic carbocycles. The van der Waals surface area contributed by atoms with Crippen LogP contribution in [0.15, 0.2) is 116 Å². The minimum atomic E-state index is -0.153. The molecule has 1 aromatic carbocycles. The minimum Gasteiger partial charge on any atom is -0.487 e. The van der Waals surface area contributed by atoms with Crippen LogP contribution in [0.4, 0.5) is 0 Å². The van der Waals surface area contributed by atoms with Crippen molar-refractivity contribution < 1.29 is 14.3 Å². The number of benzene rings is 1. The fraction of sp³-hybridized carbons (Fsp3) is 0.667. The van der Waals surface area contributed by atoms with Gasteiger partial charge in [0.2, 0.25) is 0 Å². The molecule has 0 unspecified atom stereocenters. The summed E-state index contributed by atoms with van der Waals surface area (Å²) >= 11 is 0. The van der Waals surface area contributed by atoms with E-state index in [0.29, 0.717) is 12.8 Å². The van der Waals surface area contributed by atoms with Gasteiger partial charge in [-0.2, -0.15) is 0 Å². The molecule has 0 fully saturated rings. The molecule has 3 heteroatoms. The Morgan fingerprint density at radius 2 is 0.738 bits per heavy atom. The van der Waals surface area contributed by atoms with Crippen molar-refractivity contribution in [1.82, 2.24) is 0 Å². The second kappa shape index (κ2) is 43.5. The van der Waals surface area contributed by atoms with E-state index in [1.54, 1.807) is 0 Å². The van der Waals surface area contributed by atoms with Crippen LogP contribution in [-0.4, -0.2) is 11.6 Å². The number of hydrogen-bond acceptors (Lipinski definition) is 3. The molecule has 0 spiro atoms. The molecule has 2 rings (SSSR count). The molecule has 1 aliphatic rings. The maximum absolute atomic E-state index is 13.2. The second-order valence-electron chi connectivity index (χ2n) is 28.0. The third-order valence-electron chi connectivity index (χ3n) is 18.2. The Morgan fingerprint density at radius 3 is 1.07 bits per heavy atom. The third kappa shape index (κ3) is 35.5. The van der Waals surface area contributed by atoms with Gasteiger partial charge >= 0.3 is 5.97 Å². The van der Waals surface area contributed by atoms with Crippen LogP contribution in [0.25, 0.3) is 0 Å². The van der Waals surface area contributed by atoms with E-state index in [4.69, 9.17) is 9.47 Å². The van der Waals surface area contributed by atoms with Gasteiger partial charge in [-0.1, -0.05) is 189 Å².